The third-order valence-electron chi connectivity index (χ3n) is 9.55. The van der Waals surface area contributed by atoms with Gasteiger partial charge in [-0.2, -0.15) is 0 Å². The fourth-order valence-electron chi connectivity index (χ4n) is 6.30. The van der Waals surface area contributed by atoms with Crippen LogP contribution in [-0.2, 0) is 43.4 Å². The average molecular weight is 1360 g/mol. The van der Waals surface area contributed by atoms with Gasteiger partial charge in [-0.25, -0.2) is 14.8 Å². The molecule has 0 amide bonds. The van der Waals surface area contributed by atoms with Crippen LogP contribution < -0.4 is 30.0 Å². The molecule has 0 spiro atoms. The normalized spacial score (nSPS) is 11.2. The molecule has 73 heavy (non-hydrogen) atoms. The predicted molar refractivity (Wildman–Crippen MR) is 308 cm³/mol. The third-order valence-corrected chi connectivity index (χ3v) is 9.55. The molecule has 0 bridgehead atoms. The first kappa shape index (κ1) is 59.3. The molecule has 19 heteroatoms. The van der Waals surface area contributed by atoms with Crippen LogP contribution in [0.2, 0.25) is 0 Å². The number of carboxylic acid groups (broad SMARTS) is 1. The van der Waals surface area contributed by atoms with Crippen molar-refractivity contribution in [3.8, 4) is 23.0 Å². The number of rotatable bonds is 12. The minimum atomic E-state index is -0.833. The number of allylic oxidation sites excluding steroid dienone is 2. The molecule has 15 nitrogen and oxygen atoms in total. The molecule has 0 aliphatic carbocycles. The summed E-state index contributed by atoms with van der Waals surface area (Å²) >= 11 is 7.39. The van der Waals surface area contributed by atoms with Gasteiger partial charge in [0.05, 0.1) is 12.3 Å². The van der Waals surface area contributed by atoms with Crippen LogP contribution in [-0.4, -0.2) is 56.9 Å². The van der Waals surface area contributed by atoms with Crippen LogP contribution in [0.15, 0.2) is 146 Å². The predicted octanol–water partition coefficient (Wildman–Crippen LogP) is 13.0. The first-order valence-electron chi connectivity index (χ1n) is 22.2. The molecule has 2 aliphatic rings. The van der Waals surface area contributed by atoms with Crippen molar-refractivity contribution in [2.75, 3.05) is 24.6 Å². The summed E-state index contributed by atoms with van der Waals surface area (Å²) in [5.74, 6) is 3.43. The Hall–Kier alpha value is -6.26. The quantitative estimate of drug-likeness (QED) is 0.0452. The Morgan fingerprint density at radius 3 is 1.82 bits per heavy atom. The van der Waals surface area contributed by atoms with Gasteiger partial charge in [0.2, 0.25) is 13.6 Å². The molecule has 5 heterocycles. The topological polar surface area (TPSA) is 198 Å². The maximum atomic E-state index is 11.4. The van der Waals surface area contributed by atoms with Crippen molar-refractivity contribution in [1.82, 2.24) is 14.4 Å². The fraction of sp³-hybridized carbons (Fsp3) is 0.167. The Labute approximate surface area is 462 Å². The number of ketones is 2. The molecular formula is C54H52I3N6O9V. The standard InChI is InChI=1S/C26H23N3O3.C9H10N2O.C9H10O.C8H5NO2.C2H4O2.3HI.V/c1-18(30)7-8-20-10-14-25-28-22(12-9-19-5-3-2-4-6-19)26(29(25)16-20)27-21-11-13-23-24(15-21)32-17-31-23;1-7(12)2-3-8-4-5-9(10)11-6-8;10-8-4-7-9-5-2-1-3-6-9;1-9-6-2-3-7-8(4-6)11-5-10-7;1-2(3)4;;;;/h2-8,10-11,13-16,27H,9,12,17H2,1H3;2-6H,1H3,(H2,10,11);1-3,5-6,8H,4,7H2;2-4H,5H2;1H3,(H,3,4);3*1H;/q;;;;;;;;+3/p-3/b8-7+;3-2+;;;;;;;. The molecular weight excluding hydrogens is 1310 g/mol. The van der Waals surface area contributed by atoms with E-state index in [-0.39, 0.29) is 30.1 Å². The van der Waals surface area contributed by atoms with Gasteiger partial charge in [0, 0.05) is 37.5 Å². The van der Waals surface area contributed by atoms with Gasteiger partial charge >= 0.3 is 64.9 Å². The number of hydrogen-bond acceptors (Lipinski definition) is 12. The van der Waals surface area contributed by atoms with E-state index in [9.17, 15) is 14.4 Å². The molecule has 0 atom stereocenters. The number of aryl methyl sites for hydroxylation is 3. The van der Waals surface area contributed by atoms with Gasteiger partial charge in [0.15, 0.2) is 40.3 Å². The van der Waals surface area contributed by atoms with E-state index in [4.69, 9.17) is 46.1 Å². The molecule has 9 rings (SSSR count). The van der Waals surface area contributed by atoms with Gasteiger partial charge in [0.25, 0.3) is 5.97 Å². The van der Waals surface area contributed by atoms with E-state index in [2.05, 4.69) is 99.3 Å². The molecule has 3 aromatic heterocycles. The fourth-order valence-corrected chi connectivity index (χ4v) is 6.30. The second-order valence-corrected chi connectivity index (χ2v) is 50.6. The zero-order valence-electron chi connectivity index (χ0n) is 40.0. The SMILES string of the molecule is CC(=O)/C=C/c1ccc(N)nc1.CC(=O)/C=C/c1ccc2nc(CCc3ccccc3)c(Nc3ccc4c(c3)OCO4)n2c1.CC(=O)O.O=CCCc1ccccc1.[C-]#[N+]c1ccc2c(c1)OCO2.[I][V]([I])[I]. The number of fused-ring (bicyclic) bond motifs is 3. The molecule has 4 N–H and O–H groups in total. The van der Waals surface area contributed by atoms with Crippen molar-refractivity contribution >= 4 is 125 Å². The number of nitrogen functional groups attached to an aromatic ring is 1. The van der Waals surface area contributed by atoms with Gasteiger partial charge in [0.1, 0.15) is 23.6 Å². The summed E-state index contributed by atoms with van der Waals surface area (Å²) in [6, 6.07) is 38.8. The van der Waals surface area contributed by atoms with Crippen LogP contribution in [0.1, 0.15) is 55.1 Å². The van der Waals surface area contributed by atoms with E-state index >= 15 is 0 Å². The van der Waals surface area contributed by atoms with Gasteiger partial charge < -0.3 is 39.9 Å². The second kappa shape index (κ2) is 32.7. The minimum absolute atomic E-state index is 0.0120. The number of benzene rings is 4. The summed E-state index contributed by atoms with van der Waals surface area (Å²) in [6.07, 6.45) is 14.3. The number of carbonyl (C=O) groups is 4. The molecule has 0 unspecified atom stereocenters. The number of nitrogens with two attached hydrogens (primary N) is 1. The molecule has 4 aromatic carbocycles. The summed E-state index contributed by atoms with van der Waals surface area (Å²) in [5.41, 5.74) is 13.0. The van der Waals surface area contributed by atoms with Crippen LogP contribution >= 0.6 is 59.9 Å². The van der Waals surface area contributed by atoms with Crippen molar-refractivity contribution in [2.24, 2.45) is 0 Å². The van der Waals surface area contributed by atoms with Crippen molar-refractivity contribution < 1.29 is 48.2 Å². The average Bonchev–Trinajstić information content (AvgIpc) is 4.14. The summed E-state index contributed by atoms with van der Waals surface area (Å²) in [7, 11) is 0. The molecule has 2 aliphatic heterocycles. The number of carboxylic acids is 1. The van der Waals surface area contributed by atoms with Gasteiger partial charge in [-0.1, -0.05) is 66.7 Å². The van der Waals surface area contributed by atoms with E-state index in [1.807, 2.05) is 89.5 Å². The molecule has 378 valence electrons. The van der Waals surface area contributed by atoms with Crippen molar-refractivity contribution in [2.45, 2.75) is 46.5 Å². The number of nitrogens with one attached hydrogen (secondary N) is 1. The number of aliphatic carboxylic acids is 1. The zero-order valence-corrected chi connectivity index (χ0v) is 47.9. The number of hydrogen-bond donors (Lipinski definition) is 3. The van der Waals surface area contributed by atoms with E-state index < -0.39 is 5.97 Å². The van der Waals surface area contributed by atoms with Crippen molar-refractivity contribution in [3.63, 3.8) is 0 Å². The van der Waals surface area contributed by atoms with Crippen LogP contribution in [0.5, 0.6) is 23.0 Å². The zero-order chi connectivity index (χ0) is 53.0. The van der Waals surface area contributed by atoms with Gasteiger partial charge in [-0.3, -0.25) is 18.8 Å². The molecule has 0 radical (unpaired) electrons. The Bertz CT molecular complexity index is 2980. The van der Waals surface area contributed by atoms with Crippen LogP contribution in [0.3, 0.4) is 0 Å². The summed E-state index contributed by atoms with van der Waals surface area (Å²) < 4.78 is 23.1. The Morgan fingerprint density at radius 2 is 1.27 bits per heavy atom. The van der Waals surface area contributed by atoms with Gasteiger partial charge in [-0.05, 0) is 128 Å². The number of halogens is 3. The van der Waals surface area contributed by atoms with Crippen LogP contribution in [0, 0.1) is 6.57 Å². The van der Waals surface area contributed by atoms with Crippen LogP contribution in [0.4, 0.5) is 23.0 Å². The Kier molecular flexibility index (Phi) is 26.6. The second-order valence-electron chi connectivity index (χ2n) is 15.2. The molecule has 0 saturated carbocycles. The monoisotopic (exact) mass is 1360 g/mol. The van der Waals surface area contributed by atoms with E-state index in [1.54, 1.807) is 49.5 Å². The number of ether oxygens (including phenoxy) is 4. The van der Waals surface area contributed by atoms with Crippen molar-refractivity contribution in [1.29, 1.82) is 0 Å². The van der Waals surface area contributed by atoms with Crippen LogP contribution in [0.25, 0.3) is 22.6 Å². The molecule has 0 saturated heterocycles. The van der Waals surface area contributed by atoms with E-state index in [0.717, 1.165) is 83.7 Å². The van der Waals surface area contributed by atoms with Gasteiger partial charge in [-0.15, -0.1) is 0 Å². The number of imidazole rings is 1. The van der Waals surface area contributed by atoms with Crippen molar-refractivity contribution in [3.05, 3.63) is 185 Å². The number of nitrogens with zero attached hydrogens (tertiary/aromatic N) is 4. The van der Waals surface area contributed by atoms with E-state index in [0.29, 0.717) is 23.7 Å². The Balaban J connectivity index is 0.000000230. The number of anilines is 3. The number of aromatic nitrogens is 3. The number of aldehydes is 1. The number of carbonyl (C=O) groups excluding carboxylic acids is 3. The number of pyridine rings is 2. The summed E-state index contributed by atoms with van der Waals surface area (Å²) in [5, 5.41) is 10.9. The first-order chi connectivity index (χ1) is 35.1. The Morgan fingerprint density at radius 1 is 0.740 bits per heavy atom. The summed E-state index contributed by atoms with van der Waals surface area (Å²) in [6.45, 7) is 11.4. The first-order valence-corrected chi connectivity index (χ1v) is 35.7. The molecule has 0 fully saturated rings. The third kappa shape index (κ3) is 23.0. The summed E-state index contributed by atoms with van der Waals surface area (Å²) in [4.78, 5) is 52.6. The molecule has 7 aromatic rings. The van der Waals surface area contributed by atoms with E-state index in [1.165, 1.54) is 24.1 Å². The maximum absolute atomic E-state index is 11.4.